The number of benzene rings is 2. The Bertz CT molecular complexity index is 712. The molecule has 0 saturated heterocycles. The van der Waals surface area contributed by atoms with Gasteiger partial charge in [0, 0.05) is 5.69 Å². The number of hydrogen-bond acceptors (Lipinski definition) is 3. The molecule has 5 heteroatoms. The summed E-state index contributed by atoms with van der Waals surface area (Å²) in [6, 6.07) is 15.2. The Labute approximate surface area is 129 Å². The average molecular weight is 294 g/mol. The quantitative estimate of drug-likeness (QED) is 0.694. The van der Waals surface area contributed by atoms with E-state index in [9.17, 15) is 4.79 Å². The second kappa shape index (κ2) is 5.81. The van der Waals surface area contributed by atoms with Crippen molar-refractivity contribution in [2.45, 2.75) is 13.0 Å². The minimum Gasteiger partial charge on any atom is -0.341 e. The Balaban J connectivity index is 1.63. The summed E-state index contributed by atoms with van der Waals surface area (Å²) in [6.45, 7) is 5.76. The van der Waals surface area contributed by atoms with Crippen LogP contribution in [-0.4, -0.2) is 6.03 Å². The summed E-state index contributed by atoms with van der Waals surface area (Å²) in [5.74, 6) is 0.731. The lowest BCUT2D eigenvalue weighted by Gasteiger charge is -2.15. The summed E-state index contributed by atoms with van der Waals surface area (Å²) >= 11 is 0. The van der Waals surface area contributed by atoms with Crippen LogP contribution in [0.15, 0.2) is 60.9 Å². The number of rotatable bonds is 3. The lowest BCUT2D eigenvalue weighted by Crippen LogP contribution is -2.31. The first-order valence-corrected chi connectivity index (χ1v) is 7.11. The Kier molecular flexibility index (Phi) is 3.70. The fraction of sp³-hybridized carbons (Fsp3) is 0.118. The van der Waals surface area contributed by atoms with Gasteiger partial charge in [-0.25, -0.2) is 4.79 Å². The number of carbonyl (C=O) groups excluding carboxylic acids is 1. The molecular formula is C17H18N4O. The fourth-order valence-electron chi connectivity index (χ4n) is 2.38. The lowest BCUT2D eigenvalue weighted by atomic mass is 10.1. The second-order valence-corrected chi connectivity index (χ2v) is 5.22. The molecule has 4 N–H and O–H groups in total. The molecule has 0 spiro atoms. The molecule has 0 saturated carbocycles. The molecule has 0 unspecified atom stereocenters. The Hall–Kier alpha value is -2.95. The van der Waals surface area contributed by atoms with Crippen molar-refractivity contribution in [2.75, 3.05) is 16.0 Å². The minimum atomic E-state index is -0.235. The number of hydrogen-bond donors (Lipinski definition) is 4. The number of urea groups is 1. The van der Waals surface area contributed by atoms with Crippen LogP contribution in [0.2, 0.25) is 0 Å². The van der Waals surface area contributed by atoms with Gasteiger partial charge in [-0.15, -0.1) is 0 Å². The highest BCUT2D eigenvalue weighted by atomic mass is 16.2. The van der Waals surface area contributed by atoms with Gasteiger partial charge < -0.3 is 21.3 Å². The fourth-order valence-corrected chi connectivity index (χ4v) is 2.38. The normalized spacial score (nSPS) is 13.6. The SMILES string of the molecule is C=C1Nc2ccc(NC(=O)N[C@@H](C)c3ccccc3)cc2N1. The molecule has 1 aliphatic rings. The third-order valence-corrected chi connectivity index (χ3v) is 3.50. The van der Waals surface area contributed by atoms with Crippen molar-refractivity contribution in [3.8, 4) is 0 Å². The van der Waals surface area contributed by atoms with Gasteiger partial charge in [0.25, 0.3) is 0 Å². The largest absolute Gasteiger partial charge is 0.341 e. The monoisotopic (exact) mass is 294 g/mol. The van der Waals surface area contributed by atoms with Gasteiger partial charge in [0.05, 0.1) is 17.4 Å². The van der Waals surface area contributed by atoms with Crippen molar-refractivity contribution in [2.24, 2.45) is 0 Å². The van der Waals surface area contributed by atoms with Crippen molar-refractivity contribution < 1.29 is 4.79 Å². The van der Waals surface area contributed by atoms with E-state index in [1.807, 2.05) is 55.5 Å². The maximum atomic E-state index is 12.1. The lowest BCUT2D eigenvalue weighted by molar-refractivity contribution is 0.249. The average Bonchev–Trinajstić information content (AvgIpc) is 2.87. The van der Waals surface area contributed by atoms with Crippen LogP contribution in [0, 0.1) is 0 Å². The van der Waals surface area contributed by atoms with Gasteiger partial charge in [0.15, 0.2) is 0 Å². The van der Waals surface area contributed by atoms with E-state index in [1.54, 1.807) is 0 Å². The number of nitrogens with one attached hydrogen (secondary N) is 4. The Morgan fingerprint density at radius 1 is 1.09 bits per heavy atom. The Morgan fingerprint density at radius 2 is 1.82 bits per heavy atom. The van der Waals surface area contributed by atoms with E-state index in [2.05, 4.69) is 27.8 Å². The molecule has 2 aromatic carbocycles. The van der Waals surface area contributed by atoms with Crippen LogP contribution >= 0.6 is 0 Å². The first-order valence-electron chi connectivity index (χ1n) is 7.11. The first-order chi connectivity index (χ1) is 10.6. The van der Waals surface area contributed by atoms with Crippen molar-refractivity contribution in [1.29, 1.82) is 0 Å². The molecule has 5 nitrogen and oxygen atoms in total. The van der Waals surface area contributed by atoms with E-state index in [0.29, 0.717) is 0 Å². The smallest absolute Gasteiger partial charge is 0.319 e. The minimum absolute atomic E-state index is 0.0600. The predicted molar refractivity (Wildman–Crippen MR) is 89.8 cm³/mol. The van der Waals surface area contributed by atoms with Crippen molar-refractivity contribution in [1.82, 2.24) is 5.32 Å². The molecule has 1 atom stereocenters. The molecule has 0 bridgehead atoms. The topological polar surface area (TPSA) is 65.2 Å². The van der Waals surface area contributed by atoms with Gasteiger partial charge in [0.1, 0.15) is 5.82 Å². The molecule has 3 rings (SSSR count). The van der Waals surface area contributed by atoms with Crippen LogP contribution in [0.3, 0.4) is 0 Å². The number of anilines is 3. The molecule has 22 heavy (non-hydrogen) atoms. The van der Waals surface area contributed by atoms with E-state index < -0.39 is 0 Å². The van der Waals surface area contributed by atoms with Crippen LogP contribution in [0.4, 0.5) is 21.9 Å². The van der Waals surface area contributed by atoms with E-state index in [1.165, 1.54) is 0 Å². The van der Waals surface area contributed by atoms with Gasteiger partial charge in [0.2, 0.25) is 0 Å². The summed E-state index contributed by atoms with van der Waals surface area (Å²) in [6.07, 6.45) is 0. The van der Waals surface area contributed by atoms with E-state index in [4.69, 9.17) is 0 Å². The van der Waals surface area contributed by atoms with Crippen LogP contribution < -0.4 is 21.3 Å². The summed E-state index contributed by atoms with van der Waals surface area (Å²) in [5.41, 5.74) is 3.64. The number of fused-ring (bicyclic) bond motifs is 1. The highest BCUT2D eigenvalue weighted by Crippen LogP contribution is 2.32. The van der Waals surface area contributed by atoms with Gasteiger partial charge in [-0.3, -0.25) is 0 Å². The standard InChI is InChI=1S/C17H18N4O/c1-11(13-6-4-3-5-7-13)18-17(22)21-14-8-9-15-16(10-14)20-12(2)19-15/h3-11,19-20H,2H2,1H3,(H2,18,21,22)/t11-/m0/s1. The molecule has 0 aliphatic carbocycles. The van der Waals surface area contributed by atoms with Gasteiger partial charge >= 0.3 is 6.03 Å². The van der Waals surface area contributed by atoms with Crippen molar-refractivity contribution in [3.05, 3.63) is 66.5 Å². The van der Waals surface area contributed by atoms with E-state index in [0.717, 1.165) is 28.4 Å². The molecule has 2 amide bonds. The highest BCUT2D eigenvalue weighted by Gasteiger charge is 2.14. The van der Waals surface area contributed by atoms with Crippen LogP contribution in [-0.2, 0) is 0 Å². The second-order valence-electron chi connectivity index (χ2n) is 5.22. The number of carbonyl (C=O) groups is 1. The van der Waals surface area contributed by atoms with Crippen LogP contribution in [0.5, 0.6) is 0 Å². The summed E-state index contributed by atoms with van der Waals surface area (Å²) < 4.78 is 0. The predicted octanol–water partition coefficient (Wildman–Crippen LogP) is 3.88. The zero-order chi connectivity index (χ0) is 15.5. The molecule has 0 fully saturated rings. The zero-order valence-corrected chi connectivity index (χ0v) is 12.3. The van der Waals surface area contributed by atoms with Gasteiger partial charge in [-0.05, 0) is 30.7 Å². The third kappa shape index (κ3) is 3.03. The Morgan fingerprint density at radius 3 is 2.59 bits per heavy atom. The number of amides is 2. The van der Waals surface area contributed by atoms with Crippen molar-refractivity contribution >= 4 is 23.1 Å². The molecule has 112 valence electrons. The van der Waals surface area contributed by atoms with Crippen LogP contribution in [0.1, 0.15) is 18.5 Å². The maximum Gasteiger partial charge on any atom is 0.319 e. The van der Waals surface area contributed by atoms with Crippen molar-refractivity contribution in [3.63, 3.8) is 0 Å². The highest BCUT2D eigenvalue weighted by molar-refractivity contribution is 5.92. The molecular weight excluding hydrogens is 276 g/mol. The van der Waals surface area contributed by atoms with Gasteiger partial charge in [-0.1, -0.05) is 36.9 Å². The molecule has 2 aromatic rings. The molecule has 1 heterocycles. The third-order valence-electron chi connectivity index (χ3n) is 3.50. The van der Waals surface area contributed by atoms with E-state index >= 15 is 0 Å². The zero-order valence-electron chi connectivity index (χ0n) is 12.3. The summed E-state index contributed by atoms with van der Waals surface area (Å²) in [4.78, 5) is 12.1. The maximum absolute atomic E-state index is 12.1. The van der Waals surface area contributed by atoms with Crippen LogP contribution in [0.25, 0.3) is 0 Å². The molecule has 0 aromatic heterocycles. The molecule has 0 radical (unpaired) electrons. The van der Waals surface area contributed by atoms with E-state index in [-0.39, 0.29) is 12.1 Å². The van der Waals surface area contributed by atoms with Gasteiger partial charge in [-0.2, -0.15) is 0 Å². The summed E-state index contributed by atoms with van der Waals surface area (Å²) in [5, 5.41) is 12.0. The molecule has 1 aliphatic heterocycles. The summed E-state index contributed by atoms with van der Waals surface area (Å²) in [7, 11) is 0. The first kappa shape index (κ1) is 14.0.